The van der Waals surface area contributed by atoms with Gasteiger partial charge in [-0.25, -0.2) is 14.1 Å². The molecular formula is C8H17N2O3+. The molecule has 5 nitrogen and oxygen atoms in total. The zero-order chi connectivity index (χ0) is 10.5. The average Bonchev–Trinajstić information content (AvgIpc) is 1.97. The Labute approximate surface area is 77.9 Å². The molecule has 5 heteroatoms. The van der Waals surface area contributed by atoms with Crippen LogP contribution in [0.25, 0.3) is 0 Å². The summed E-state index contributed by atoms with van der Waals surface area (Å²) < 4.78 is -0.171. The van der Waals surface area contributed by atoms with Crippen molar-refractivity contribution in [1.82, 2.24) is 5.32 Å². The quantitative estimate of drug-likeness (QED) is 0.624. The van der Waals surface area contributed by atoms with Crippen LogP contribution in [0.3, 0.4) is 0 Å². The highest BCUT2D eigenvalue weighted by molar-refractivity contribution is 5.73. The predicted molar refractivity (Wildman–Crippen MR) is 48.3 cm³/mol. The number of rotatable bonds is 4. The fourth-order valence-electron chi connectivity index (χ4n) is 0.856. The first kappa shape index (κ1) is 11.9. The molecule has 0 aromatic rings. The van der Waals surface area contributed by atoms with E-state index < -0.39 is 5.97 Å². The van der Waals surface area contributed by atoms with Gasteiger partial charge in [0.15, 0.2) is 6.54 Å². The molecule has 2 amide bonds. The zero-order valence-electron chi connectivity index (χ0n) is 8.33. The van der Waals surface area contributed by atoms with Crippen molar-refractivity contribution in [2.45, 2.75) is 13.3 Å². The first-order chi connectivity index (χ1) is 5.90. The van der Waals surface area contributed by atoms with Gasteiger partial charge in [0.25, 0.3) is 0 Å². The van der Waals surface area contributed by atoms with E-state index in [9.17, 15) is 9.59 Å². The summed E-state index contributed by atoms with van der Waals surface area (Å²) in [6, 6.07) is -0.260. The number of hydrogen-bond donors (Lipinski definition) is 2. The Bertz CT molecular complexity index is 202. The van der Waals surface area contributed by atoms with Crippen molar-refractivity contribution >= 4 is 12.0 Å². The average molecular weight is 189 g/mol. The number of urea groups is 1. The fourth-order valence-corrected chi connectivity index (χ4v) is 0.856. The lowest BCUT2D eigenvalue weighted by atomic mass is 10.4. The monoisotopic (exact) mass is 189 g/mol. The van der Waals surface area contributed by atoms with Gasteiger partial charge in [-0.15, -0.1) is 0 Å². The molecule has 0 atom stereocenters. The second kappa shape index (κ2) is 4.81. The number of likely N-dealkylation sites (N-methyl/N-ethyl adjacent to an activating group) is 1. The number of nitrogens with zero attached hydrogens (tertiary/aromatic N) is 1. The summed E-state index contributed by atoms with van der Waals surface area (Å²) in [6.45, 7) is 2.33. The molecule has 0 aromatic carbocycles. The summed E-state index contributed by atoms with van der Waals surface area (Å²) in [5.41, 5.74) is 0. The Morgan fingerprint density at radius 3 is 2.31 bits per heavy atom. The van der Waals surface area contributed by atoms with Crippen molar-refractivity contribution in [1.29, 1.82) is 0 Å². The Morgan fingerprint density at radius 1 is 1.38 bits per heavy atom. The minimum absolute atomic E-state index is 0.171. The molecule has 0 bridgehead atoms. The topological polar surface area (TPSA) is 66.4 Å². The Kier molecular flexibility index (Phi) is 4.40. The predicted octanol–water partition coefficient (Wildman–Crippen LogP) is 0.267. The Morgan fingerprint density at radius 2 is 1.92 bits per heavy atom. The van der Waals surface area contributed by atoms with Crippen molar-refractivity contribution < 1.29 is 19.2 Å². The first-order valence-electron chi connectivity index (χ1n) is 4.23. The molecular weight excluding hydrogens is 172 g/mol. The molecule has 0 aromatic heterocycles. The van der Waals surface area contributed by atoms with Gasteiger partial charge in [-0.1, -0.05) is 6.92 Å². The van der Waals surface area contributed by atoms with Gasteiger partial charge in [0.05, 0.1) is 14.1 Å². The lowest BCUT2D eigenvalue weighted by Crippen LogP contribution is -2.54. The van der Waals surface area contributed by atoms with Crippen LogP contribution in [0.1, 0.15) is 13.3 Å². The van der Waals surface area contributed by atoms with Crippen LogP contribution >= 0.6 is 0 Å². The molecule has 0 fully saturated rings. The SMILES string of the molecule is CCCNC(=O)[N+](C)(C)CC(=O)O. The molecule has 0 rings (SSSR count). The number of amides is 2. The van der Waals surface area contributed by atoms with Gasteiger partial charge in [-0.05, 0) is 6.42 Å². The van der Waals surface area contributed by atoms with E-state index in [-0.39, 0.29) is 17.1 Å². The number of carbonyl (C=O) groups is 2. The Hall–Kier alpha value is -1.10. The van der Waals surface area contributed by atoms with E-state index in [4.69, 9.17) is 5.11 Å². The van der Waals surface area contributed by atoms with Crippen LogP contribution < -0.4 is 5.32 Å². The summed E-state index contributed by atoms with van der Waals surface area (Å²) in [5, 5.41) is 11.2. The summed E-state index contributed by atoms with van der Waals surface area (Å²) in [6.07, 6.45) is 0.846. The molecule has 0 aliphatic rings. The highest BCUT2D eigenvalue weighted by Crippen LogP contribution is 1.97. The van der Waals surface area contributed by atoms with Crippen LogP contribution in [0.15, 0.2) is 0 Å². The molecule has 0 unspecified atom stereocenters. The fraction of sp³-hybridized carbons (Fsp3) is 0.750. The highest BCUT2D eigenvalue weighted by Gasteiger charge is 2.28. The summed E-state index contributed by atoms with van der Waals surface area (Å²) in [7, 11) is 3.14. The van der Waals surface area contributed by atoms with Gasteiger partial charge in [-0.3, -0.25) is 0 Å². The molecule has 76 valence electrons. The van der Waals surface area contributed by atoms with Crippen molar-refractivity contribution in [2.75, 3.05) is 27.2 Å². The third-order valence-corrected chi connectivity index (χ3v) is 1.61. The summed E-state index contributed by atoms with van der Waals surface area (Å²) >= 11 is 0. The van der Waals surface area contributed by atoms with E-state index in [1.54, 1.807) is 14.1 Å². The van der Waals surface area contributed by atoms with Crippen LogP contribution in [-0.4, -0.2) is 48.8 Å². The molecule has 0 saturated heterocycles. The standard InChI is InChI=1S/C8H16N2O3/c1-4-5-9-8(13)10(2,3)6-7(11)12/h4-6H2,1-3H3,(H-,9,11,12,13)/p+1. The molecule has 0 radical (unpaired) electrons. The van der Waals surface area contributed by atoms with Crippen molar-refractivity contribution in [3.05, 3.63) is 0 Å². The third kappa shape index (κ3) is 4.47. The zero-order valence-corrected chi connectivity index (χ0v) is 8.33. The van der Waals surface area contributed by atoms with Crippen LogP contribution in [0.2, 0.25) is 0 Å². The second-order valence-electron chi connectivity index (χ2n) is 3.47. The number of nitrogens with one attached hydrogen (secondary N) is 1. The number of hydrogen-bond acceptors (Lipinski definition) is 2. The number of carboxylic acid groups (broad SMARTS) is 1. The number of aliphatic carboxylic acids is 1. The maximum atomic E-state index is 11.4. The molecule has 2 N–H and O–H groups in total. The van der Waals surface area contributed by atoms with E-state index in [0.717, 1.165) is 6.42 Å². The van der Waals surface area contributed by atoms with Crippen LogP contribution in [-0.2, 0) is 4.79 Å². The lowest BCUT2D eigenvalue weighted by molar-refractivity contribution is -0.801. The highest BCUT2D eigenvalue weighted by atomic mass is 16.4. The molecule has 0 aliphatic heterocycles. The number of carboxylic acids is 1. The summed E-state index contributed by atoms with van der Waals surface area (Å²) in [5.74, 6) is -0.975. The molecule has 0 saturated carbocycles. The largest absolute Gasteiger partial charge is 0.477 e. The van der Waals surface area contributed by atoms with E-state index in [1.165, 1.54) is 0 Å². The van der Waals surface area contributed by atoms with Gasteiger partial charge in [-0.2, -0.15) is 0 Å². The smallest absolute Gasteiger partial charge is 0.416 e. The molecule has 0 spiro atoms. The van der Waals surface area contributed by atoms with Crippen LogP contribution in [0.4, 0.5) is 4.79 Å². The van der Waals surface area contributed by atoms with Gasteiger partial charge in [0.2, 0.25) is 0 Å². The van der Waals surface area contributed by atoms with E-state index in [1.807, 2.05) is 6.92 Å². The van der Waals surface area contributed by atoms with E-state index in [0.29, 0.717) is 6.54 Å². The first-order valence-corrected chi connectivity index (χ1v) is 4.23. The third-order valence-electron chi connectivity index (χ3n) is 1.61. The molecule has 0 heterocycles. The van der Waals surface area contributed by atoms with Crippen molar-refractivity contribution in [3.8, 4) is 0 Å². The second-order valence-corrected chi connectivity index (χ2v) is 3.47. The minimum atomic E-state index is -0.975. The van der Waals surface area contributed by atoms with Gasteiger partial charge < -0.3 is 10.4 Å². The number of quaternary nitrogens is 1. The van der Waals surface area contributed by atoms with Gasteiger partial charge in [0, 0.05) is 6.54 Å². The van der Waals surface area contributed by atoms with Crippen molar-refractivity contribution in [2.24, 2.45) is 0 Å². The summed E-state index contributed by atoms with van der Waals surface area (Å²) in [4.78, 5) is 21.8. The van der Waals surface area contributed by atoms with Gasteiger partial charge >= 0.3 is 12.0 Å². The van der Waals surface area contributed by atoms with Crippen LogP contribution in [0, 0.1) is 0 Å². The molecule has 0 aliphatic carbocycles. The maximum absolute atomic E-state index is 11.4. The Balaban J connectivity index is 4.10. The number of carbonyl (C=O) groups excluding carboxylic acids is 1. The lowest BCUT2D eigenvalue weighted by Gasteiger charge is -2.24. The maximum Gasteiger partial charge on any atom is 0.416 e. The normalized spacial score (nSPS) is 11.0. The van der Waals surface area contributed by atoms with Crippen molar-refractivity contribution in [3.63, 3.8) is 0 Å². The molecule has 13 heavy (non-hydrogen) atoms. The van der Waals surface area contributed by atoms with Crippen LogP contribution in [0.5, 0.6) is 0 Å². The van der Waals surface area contributed by atoms with Gasteiger partial charge in [0.1, 0.15) is 0 Å². The minimum Gasteiger partial charge on any atom is -0.477 e. The van der Waals surface area contributed by atoms with E-state index in [2.05, 4.69) is 5.32 Å². The van der Waals surface area contributed by atoms with E-state index >= 15 is 0 Å².